The molecular formula is C18H26N2O. The van der Waals surface area contributed by atoms with Gasteiger partial charge in [0.05, 0.1) is 11.4 Å². The Morgan fingerprint density at radius 3 is 2.19 bits per heavy atom. The summed E-state index contributed by atoms with van der Waals surface area (Å²) < 4.78 is 1.90. The molecule has 1 N–H and O–H groups in total. The molecule has 114 valence electrons. The van der Waals surface area contributed by atoms with Gasteiger partial charge in [-0.05, 0) is 31.4 Å². The van der Waals surface area contributed by atoms with Gasteiger partial charge < -0.3 is 5.11 Å². The molecule has 1 aromatic carbocycles. The van der Waals surface area contributed by atoms with Crippen LogP contribution in [0, 0.1) is 12.8 Å². The molecule has 2 rings (SSSR count). The van der Waals surface area contributed by atoms with Crippen LogP contribution in [0.2, 0.25) is 0 Å². The molecular weight excluding hydrogens is 260 g/mol. The summed E-state index contributed by atoms with van der Waals surface area (Å²) in [5, 5.41) is 15.3. The van der Waals surface area contributed by atoms with Crippen molar-refractivity contribution in [2.45, 2.75) is 53.4 Å². The highest BCUT2D eigenvalue weighted by molar-refractivity contribution is 5.44. The van der Waals surface area contributed by atoms with Crippen molar-refractivity contribution in [1.29, 1.82) is 0 Å². The summed E-state index contributed by atoms with van der Waals surface area (Å²) >= 11 is 0. The first kappa shape index (κ1) is 15.6. The van der Waals surface area contributed by atoms with E-state index in [4.69, 9.17) is 0 Å². The van der Waals surface area contributed by atoms with E-state index < -0.39 is 0 Å². The van der Waals surface area contributed by atoms with E-state index in [0.29, 0.717) is 11.7 Å². The highest BCUT2D eigenvalue weighted by atomic mass is 16.3. The Morgan fingerprint density at radius 1 is 1.14 bits per heavy atom. The van der Waals surface area contributed by atoms with Crippen molar-refractivity contribution in [2.24, 2.45) is 5.92 Å². The molecule has 0 atom stereocenters. The maximum atomic E-state index is 10.6. The molecule has 2 aromatic rings. The summed E-state index contributed by atoms with van der Waals surface area (Å²) in [6.45, 7) is 12.7. The average Bonchev–Trinajstić information content (AvgIpc) is 2.66. The lowest BCUT2D eigenvalue weighted by Gasteiger charge is -2.20. The van der Waals surface area contributed by atoms with Crippen LogP contribution in [0.1, 0.15) is 51.6 Å². The third-order valence-electron chi connectivity index (χ3n) is 3.52. The Bertz CT molecular complexity index is 616. The Labute approximate surface area is 127 Å². The maximum absolute atomic E-state index is 10.6. The van der Waals surface area contributed by atoms with E-state index in [9.17, 15) is 5.11 Å². The molecule has 0 fully saturated rings. The summed E-state index contributed by atoms with van der Waals surface area (Å²) in [7, 11) is 0. The monoisotopic (exact) mass is 286 g/mol. The zero-order chi connectivity index (χ0) is 15.8. The number of aryl methyl sites for hydroxylation is 1. The van der Waals surface area contributed by atoms with Gasteiger partial charge in [-0.25, -0.2) is 4.68 Å². The van der Waals surface area contributed by atoms with Crippen LogP contribution in [0.4, 0.5) is 0 Å². The Morgan fingerprint density at radius 2 is 1.71 bits per heavy atom. The summed E-state index contributed by atoms with van der Waals surface area (Å²) in [6.07, 6.45) is 0.785. The van der Waals surface area contributed by atoms with Gasteiger partial charge in [-0.2, -0.15) is 5.10 Å². The van der Waals surface area contributed by atoms with Gasteiger partial charge >= 0.3 is 0 Å². The predicted octanol–water partition coefficient (Wildman–Crippen LogP) is 4.38. The highest BCUT2D eigenvalue weighted by Crippen LogP contribution is 2.36. The van der Waals surface area contributed by atoms with Crippen LogP contribution in [-0.2, 0) is 11.8 Å². The van der Waals surface area contributed by atoms with E-state index in [1.165, 1.54) is 5.56 Å². The molecule has 0 aliphatic carbocycles. The lowest BCUT2D eigenvalue weighted by atomic mass is 9.90. The summed E-state index contributed by atoms with van der Waals surface area (Å²) in [6, 6.07) is 8.25. The molecule has 0 spiro atoms. The second-order valence-electron chi connectivity index (χ2n) is 7.24. The van der Waals surface area contributed by atoms with Gasteiger partial charge in [0.15, 0.2) is 5.75 Å². The number of hydrogen-bond donors (Lipinski definition) is 1. The molecule has 0 saturated heterocycles. The molecule has 0 bridgehead atoms. The number of aromatic hydroxyl groups is 1. The standard InChI is InChI=1S/C18H26N2O/c1-12(2)11-15-16(21)17(18(4,5)6)20(19-15)14-9-7-13(3)8-10-14/h7-10,12,21H,11H2,1-6H3. The second-order valence-corrected chi connectivity index (χ2v) is 7.24. The molecule has 0 saturated carbocycles. The molecule has 0 amide bonds. The van der Waals surface area contributed by atoms with Gasteiger partial charge in [0.2, 0.25) is 0 Å². The highest BCUT2D eigenvalue weighted by Gasteiger charge is 2.28. The SMILES string of the molecule is Cc1ccc(-n2nc(CC(C)C)c(O)c2C(C)(C)C)cc1. The average molecular weight is 286 g/mol. The number of hydrogen-bond acceptors (Lipinski definition) is 2. The van der Waals surface area contributed by atoms with E-state index in [0.717, 1.165) is 23.5 Å². The van der Waals surface area contributed by atoms with Crippen LogP contribution in [0.3, 0.4) is 0 Å². The van der Waals surface area contributed by atoms with Crippen molar-refractivity contribution >= 4 is 0 Å². The van der Waals surface area contributed by atoms with Gasteiger partial charge in [0, 0.05) is 5.41 Å². The van der Waals surface area contributed by atoms with E-state index in [1.54, 1.807) is 0 Å². The summed E-state index contributed by atoms with van der Waals surface area (Å²) in [4.78, 5) is 0. The molecule has 0 radical (unpaired) electrons. The van der Waals surface area contributed by atoms with Crippen molar-refractivity contribution in [2.75, 3.05) is 0 Å². The lowest BCUT2D eigenvalue weighted by Crippen LogP contribution is -2.17. The third-order valence-corrected chi connectivity index (χ3v) is 3.52. The molecule has 0 aliphatic heterocycles. The fraction of sp³-hybridized carbons (Fsp3) is 0.500. The Hall–Kier alpha value is -1.77. The molecule has 0 aliphatic rings. The van der Waals surface area contributed by atoms with Crippen LogP contribution >= 0.6 is 0 Å². The lowest BCUT2D eigenvalue weighted by molar-refractivity contribution is 0.432. The normalized spacial score (nSPS) is 12.1. The summed E-state index contributed by atoms with van der Waals surface area (Å²) in [5.74, 6) is 0.807. The zero-order valence-electron chi connectivity index (χ0n) is 13.9. The topological polar surface area (TPSA) is 38.0 Å². The zero-order valence-corrected chi connectivity index (χ0v) is 13.9. The van der Waals surface area contributed by atoms with Gasteiger partial charge in [-0.1, -0.05) is 52.3 Å². The van der Waals surface area contributed by atoms with Crippen molar-refractivity contribution in [3.63, 3.8) is 0 Å². The first-order chi connectivity index (χ1) is 9.70. The van der Waals surface area contributed by atoms with Crippen LogP contribution < -0.4 is 0 Å². The smallest absolute Gasteiger partial charge is 0.161 e. The minimum absolute atomic E-state index is 0.169. The van der Waals surface area contributed by atoms with E-state index >= 15 is 0 Å². The Kier molecular flexibility index (Phi) is 4.13. The molecule has 3 nitrogen and oxygen atoms in total. The van der Waals surface area contributed by atoms with Crippen LogP contribution in [-0.4, -0.2) is 14.9 Å². The van der Waals surface area contributed by atoms with Crippen LogP contribution in [0.25, 0.3) is 5.69 Å². The van der Waals surface area contributed by atoms with Crippen molar-refractivity contribution in [3.05, 3.63) is 41.2 Å². The van der Waals surface area contributed by atoms with E-state index in [1.807, 2.05) is 4.68 Å². The summed E-state index contributed by atoms with van der Waals surface area (Å²) in [5.41, 5.74) is 3.71. The van der Waals surface area contributed by atoms with E-state index in [-0.39, 0.29) is 5.41 Å². The van der Waals surface area contributed by atoms with Gasteiger partial charge in [-0.3, -0.25) is 0 Å². The molecule has 0 unspecified atom stereocenters. The molecule has 1 heterocycles. The van der Waals surface area contributed by atoms with Gasteiger partial charge in [0.1, 0.15) is 5.69 Å². The van der Waals surface area contributed by atoms with Crippen LogP contribution in [0.15, 0.2) is 24.3 Å². The second kappa shape index (κ2) is 5.55. The quantitative estimate of drug-likeness (QED) is 0.909. The minimum atomic E-state index is -0.169. The Balaban J connectivity index is 2.61. The van der Waals surface area contributed by atoms with Crippen molar-refractivity contribution in [1.82, 2.24) is 9.78 Å². The van der Waals surface area contributed by atoms with Crippen molar-refractivity contribution in [3.8, 4) is 11.4 Å². The number of rotatable bonds is 3. The largest absolute Gasteiger partial charge is 0.504 e. The maximum Gasteiger partial charge on any atom is 0.161 e. The van der Waals surface area contributed by atoms with E-state index in [2.05, 4.69) is 70.9 Å². The van der Waals surface area contributed by atoms with Gasteiger partial charge in [-0.15, -0.1) is 0 Å². The first-order valence-corrected chi connectivity index (χ1v) is 7.58. The molecule has 21 heavy (non-hydrogen) atoms. The number of nitrogens with zero attached hydrogens (tertiary/aromatic N) is 2. The molecule has 3 heteroatoms. The predicted molar refractivity (Wildman–Crippen MR) is 87.2 cm³/mol. The minimum Gasteiger partial charge on any atom is -0.504 e. The fourth-order valence-electron chi connectivity index (χ4n) is 2.52. The third kappa shape index (κ3) is 3.29. The van der Waals surface area contributed by atoms with Gasteiger partial charge in [0.25, 0.3) is 0 Å². The van der Waals surface area contributed by atoms with Crippen LogP contribution in [0.5, 0.6) is 5.75 Å². The fourth-order valence-corrected chi connectivity index (χ4v) is 2.52. The number of benzene rings is 1. The van der Waals surface area contributed by atoms with Crippen molar-refractivity contribution < 1.29 is 5.11 Å². The number of aromatic nitrogens is 2. The first-order valence-electron chi connectivity index (χ1n) is 7.58. The molecule has 1 aromatic heterocycles.